The van der Waals surface area contributed by atoms with Crippen molar-refractivity contribution in [2.45, 2.75) is 71.9 Å². The van der Waals surface area contributed by atoms with E-state index in [0.717, 1.165) is 18.5 Å². The molecular weight excluding hydrogens is 208 g/mol. The highest BCUT2D eigenvalue weighted by atomic mass is 15.2. The van der Waals surface area contributed by atoms with Crippen LogP contribution in [-0.2, 0) is 0 Å². The van der Waals surface area contributed by atoms with E-state index in [1.807, 2.05) is 0 Å². The van der Waals surface area contributed by atoms with Gasteiger partial charge in [-0.1, -0.05) is 13.8 Å². The predicted molar refractivity (Wildman–Crippen MR) is 76.4 cm³/mol. The summed E-state index contributed by atoms with van der Waals surface area (Å²) in [7, 11) is 0. The third-order valence-electron chi connectivity index (χ3n) is 4.09. The lowest BCUT2D eigenvalue weighted by atomic mass is 9.87. The fraction of sp³-hybridized carbons (Fsp3) is 1.00. The van der Waals surface area contributed by atoms with Crippen molar-refractivity contribution in [3.05, 3.63) is 0 Å². The second-order valence-electron chi connectivity index (χ2n) is 6.04. The van der Waals surface area contributed by atoms with Crippen LogP contribution in [0.15, 0.2) is 0 Å². The first-order valence-corrected chi connectivity index (χ1v) is 7.61. The highest BCUT2D eigenvalue weighted by Crippen LogP contribution is 2.23. The molecule has 1 rings (SSSR count). The molecule has 0 atom stereocenters. The van der Waals surface area contributed by atoms with Gasteiger partial charge in [0.05, 0.1) is 0 Å². The molecule has 0 saturated heterocycles. The van der Waals surface area contributed by atoms with Gasteiger partial charge in [0.25, 0.3) is 0 Å². The fourth-order valence-corrected chi connectivity index (χ4v) is 2.79. The van der Waals surface area contributed by atoms with Gasteiger partial charge in [-0.3, -0.25) is 4.90 Å². The van der Waals surface area contributed by atoms with Crippen LogP contribution in [0, 0.1) is 5.92 Å². The third kappa shape index (κ3) is 5.87. The maximum absolute atomic E-state index is 3.74. The Bertz CT molecular complexity index is 183. The molecule has 0 aromatic carbocycles. The lowest BCUT2D eigenvalue weighted by Crippen LogP contribution is -2.41. The van der Waals surface area contributed by atoms with Gasteiger partial charge in [-0.05, 0) is 58.4 Å². The van der Waals surface area contributed by atoms with Crippen LogP contribution in [0.25, 0.3) is 0 Å². The van der Waals surface area contributed by atoms with Gasteiger partial charge in [-0.2, -0.15) is 0 Å². The molecule has 102 valence electrons. The summed E-state index contributed by atoms with van der Waals surface area (Å²) < 4.78 is 0. The molecule has 1 aliphatic carbocycles. The summed E-state index contributed by atoms with van der Waals surface area (Å²) in [5, 5.41) is 3.74. The predicted octanol–water partition coefficient (Wildman–Crippen LogP) is 3.28. The van der Waals surface area contributed by atoms with Crippen LogP contribution in [-0.4, -0.2) is 36.6 Å². The molecule has 0 spiro atoms. The Morgan fingerprint density at radius 1 is 1.12 bits per heavy atom. The number of rotatable bonds is 7. The molecule has 0 aromatic rings. The maximum atomic E-state index is 3.74. The third-order valence-corrected chi connectivity index (χ3v) is 4.09. The summed E-state index contributed by atoms with van der Waals surface area (Å²) in [6.45, 7) is 12.9. The number of hydrogen-bond acceptors (Lipinski definition) is 2. The Kier molecular flexibility index (Phi) is 7.14. The van der Waals surface area contributed by atoms with Gasteiger partial charge in [-0.25, -0.2) is 0 Å². The lowest BCUT2D eigenvalue weighted by molar-refractivity contribution is 0.213. The van der Waals surface area contributed by atoms with E-state index in [1.165, 1.54) is 45.2 Å². The number of nitrogens with one attached hydrogen (secondary N) is 1. The summed E-state index contributed by atoms with van der Waals surface area (Å²) in [5.41, 5.74) is 0. The second kappa shape index (κ2) is 8.10. The average molecular weight is 240 g/mol. The van der Waals surface area contributed by atoms with Gasteiger partial charge in [0.1, 0.15) is 0 Å². The zero-order chi connectivity index (χ0) is 12.7. The van der Waals surface area contributed by atoms with Crippen LogP contribution in [0.2, 0.25) is 0 Å². The van der Waals surface area contributed by atoms with Crippen LogP contribution in [0.5, 0.6) is 0 Å². The normalized spacial score (nSPS) is 25.8. The maximum Gasteiger partial charge on any atom is 0.0110 e. The van der Waals surface area contributed by atoms with Gasteiger partial charge in [0.2, 0.25) is 0 Å². The van der Waals surface area contributed by atoms with E-state index >= 15 is 0 Å². The summed E-state index contributed by atoms with van der Waals surface area (Å²) in [4.78, 5) is 2.58. The Balaban J connectivity index is 2.13. The minimum Gasteiger partial charge on any atom is -0.313 e. The van der Waals surface area contributed by atoms with Crippen LogP contribution in [0.1, 0.15) is 59.8 Å². The number of nitrogens with zero attached hydrogens (tertiary/aromatic N) is 1. The summed E-state index contributed by atoms with van der Waals surface area (Å²) in [6, 6.07) is 1.48. The van der Waals surface area contributed by atoms with E-state index in [1.54, 1.807) is 0 Å². The highest BCUT2D eigenvalue weighted by molar-refractivity contribution is 4.76. The summed E-state index contributed by atoms with van der Waals surface area (Å²) >= 11 is 0. The van der Waals surface area contributed by atoms with Crippen LogP contribution in [0.3, 0.4) is 0 Å². The first-order chi connectivity index (χ1) is 8.13. The van der Waals surface area contributed by atoms with Crippen molar-refractivity contribution >= 4 is 0 Å². The minimum atomic E-state index is 0.683. The largest absolute Gasteiger partial charge is 0.313 e. The molecule has 0 aromatic heterocycles. The standard InChI is InChI=1S/C15H32N2/c1-5-11-17(13(2)3)12-10-16-15-8-6-14(4)7-9-15/h13-16H,5-12H2,1-4H3. The molecular formula is C15H32N2. The van der Waals surface area contributed by atoms with Crippen molar-refractivity contribution in [3.8, 4) is 0 Å². The molecule has 2 nitrogen and oxygen atoms in total. The van der Waals surface area contributed by atoms with E-state index < -0.39 is 0 Å². The van der Waals surface area contributed by atoms with Crippen molar-refractivity contribution in [3.63, 3.8) is 0 Å². The van der Waals surface area contributed by atoms with Gasteiger partial charge in [-0.15, -0.1) is 0 Å². The lowest BCUT2D eigenvalue weighted by Gasteiger charge is -2.30. The van der Waals surface area contributed by atoms with Crippen molar-refractivity contribution in [1.82, 2.24) is 10.2 Å². The van der Waals surface area contributed by atoms with E-state index in [9.17, 15) is 0 Å². The molecule has 17 heavy (non-hydrogen) atoms. The zero-order valence-corrected chi connectivity index (χ0v) is 12.3. The summed E-state index contributed by atoms with van der Waals surface area (Å²) in [6.07, 6.45) is 6.87. The highest BCUT2D eigenvalue weighted by Gasteiger charge is 2.17. The van der Waals surface area contributed by atoms with Crippen molar-refractivity contribution in [2.24, 2.45) is 5.92 Å². The average Bonchev–Trinajstić information content (AvgIpc) is 2.30. The zero-order valence-electron chi connectivity index (χ0n) is 12.3. The van der Waals surface area contributed by atoms with Gasteiger partial charge in [0.15, 0.2) is 0 Å². The van der Waals surface area contributed by atoms with Gasteiger partial charge in [0, 0.05) is 25.2 Å². The van der Waals surface area contributed by atoms with E-state index in [2.05, 4.69) is 37.9 Å². The smallest absolute Gasteiger partial charge is 0.0110 e. The Morgan fingerprint density at radius 3 is 2.29 bits per heavy atom. The molecule has 0 unspecified atom stereocenters. The van der Waals surface area contributed by atoms with Crippen molar-refractivity contribution < 1.29 is 0 Å². The van der Waals surface area contributed by atoms with Crippen molar-refractivity contribution in [2.75, 3.05) is 19.6 Å². The Morgan fingerprint density at radius 2 is 1.76 bits per heavy atom. The van der Waals surface area contributed by atoms with Gasteiger partial charge < -0.3 is 5.32 Å². The SMILES string of the molecule is CCCN(CCNC1CCC(C)CC1)C(C)C. The van der Waals surface area contributed by atoms with E-state index in [4.69, 9.17) is 0 Å². The molecule has 0 aliphatic heterocycles. The monoisotopic (exact) mass is 240 g/mol. The molecule has 2 heteroatoms. The molecule has 1 saturated carbocycles. The number of hydrogen-bond donors (Lipinski definition) is 1. The Labute approximate surface area is 108 Å². The van der Waals surface area contributed by atoms with Gasteiger partial charge >= 0.3 is 0 Å². The molecule has 0 amide bonds. The van der Waals surface area contributed by atoms with E-state index in [0.29, 0.717) is 6.04 Å². The first kappa shape index (κ1) is 15.0. The topological polar surface area (TPSA) is 15.3 Å². The molecule has 1 fully saturated rings. The van der Waals surface area contributed by atoms with Crippen molar-refractivity contribution in [1.29, 1.82) is 0 Å². The molecule has 0 bridgehead atoms. The molecule has 0 radical (unpaired) electrons. The molecule has 1 aliphatic rings. The van der Waals surface area contributed by atoms with E-state index in [-0.39, 0.29) is 0 Å². The van der Waals surface area contributed by atoms with Crippen LogP contribution in [0.4, 0.5) is 0 Å². The Hall–Kier alpha value is -0.0800. The fourth-order valence-electron chi connectivity index (χ4n) is 2.79. The first-order valence-electron chi connectivity index (χ1n) is 7.61. The minimum absolute atomic E-state index is 0.683. The quantitative estimate of drug-likeness (QED) is 0.735. The van der Waals surface area contributed by atoms with Crippen LogP contribution >= 0.6 is 0 Å². The second-order valence-corrected chi connectivity index (χ2v) is 6.04. The summed E-state index contributed by atoms with van der Waals surface area (Å²) in [5.74, 6) is 0.959. The molecule has 1 N–H and O–H groups in total. The molecule has 0 heterocycles. The van der Waals surface area contributed by atoms with Crippen LogP contribution < -0.4 is 5.32 Å².